The lowest BCUT2D eigenvalue weighted by atomic mass is 10.1. The average Bonchev–Trinajstić information content (AvgIpc) is 2.83. The summed E-state index contributed by atoms with van der Waals surface area (Å²) in [5.41, 5.74) is 0.613. The molecule has 0 saturated heterocycles. The number of hydrogen-bond donors (Lipinski definition) is 4. The number of rotatable bonds is 5. The van der Waals surface area contributed by atoms with E-state index in [1.807, 2.05) is 11.8 Å². The Kier molecular flexibility index (Phi) is 4.82. The average molecular weight is 283 g/mol. The van der Waals surface area contributed by atoms with Crippen molar-refractivity contribution in [1.82, 2.24) is 5.32 Å². The van der Waals surface area contributed by atoms with Gasteiger partial charge in [0.05, 0.1) is 0 Å². The van der Waals surface area contributed by atoms with Gasteiger partial charge in [-0.2, -0.15) is 11.8 Å². The highest BCUT2D eigenvalue weighted by Crippen LogP contribution is 2.37. The van der Waals surface area contributed by atoms with E-state index >= 15 is 0 Å². The fourth-order valence-corrected chi connectivity index (χ4v) is 3.79. The van der Waals surface area contributed by atoms with Gasteiger partial charge in [-0.05, 0) is 24.7 Å². The molecule has 1 aliphatic rings. The molecule has 0 amide bonds. The molecule has 5 heteroatoms. The minimum absolute atomic E-state index is 0.231. The lowest BCUT2D eigenvalue weighted by Gasteiger charge is -2.20. The molecule has 2 atom stereocenters. The quantitative estimate of drug-likeness (QED) is 0.625. The first-order valence-corrected chi connectivity index (χ1v) is 7.76. The zero-order valence-corrected chi connectivity index (χ0v) is 11.9. The van der Waals surface area contributed by atoms with Crippen LogP contribution in [0.15, 0.2) is 12.1 Å². The van der Waals surface area contributed by atoms with Crippen LogP contribution >= 0.6 is 11.8 Å². The van der Waals surface area contributed by atoms with Crippen molar-refractivity contribution in [2.24, 2.45) is 0 Å². The van der Waals surface area contributed by atoms with Gasteiger partial charge < -0.3 is 20.6 Å². The van der Waals surface area contributed by atoms with Crippen molar-refractivity contribution in [3.63, 3.8) is 0 Å². The van der Waals surface area contributed by atoms with Crippen LogP contribution in [-0.4, -0.2) is 32.4 Å². The highest BCUT2D eigenvalue weighted by molar-refractivity contribution is 7.99. The van der Waals surface area contributed by atoms with Crippen molar-refractivity contribution in [3.05, 3.63) is 17.7 Å². The van der Waals surface area contributed by atoms with Gasteiger partial charge >= 0.3 is 0 Å². The first-order chi connectivity index (χ1) is 9.13. The molecule has 0 heterocycles. The van der Waals surface area contributed by atoms with Crippen LogP contribution in [0.4, 0.5) is 0 Å². The normalized spacial score (nSPS) is 22.8. The van der Waals surface area contributed by atoms with Gasteiger partial charge in [-0.15, -0.1) is 0 Å². The molecule has 1 saturated carbocycles. The molecule has 1 aromatic rings. The van der Waals surface area contributed by atoms with Gasteiger partial charge in [-0.25, -0.2) is 0 Å². The molecular weight excluding hydrogens is 262 g/mol. The van der Waals surface area contributed by atoms with Gasteiger partial charge in [0.2, 0.25) is 5.75 Å². The molecule has 0 aromatic heterocycles. The third kappa shape index (κ3) is 3.28. The van der Waals surface area contributed by atoms with Crippen LogP contribution in [0.3, 0.4) is 0 Å². The van der Waals surface area contributed by atoms with Crippen molar-refractivity contribution in [1.29, 1.82) is 0 Å². The molecule has 19 heavy (non-hydrogen) atoms. The van der Waals surface area contributed by atoms with E-state index in [0.717, 1.165) is 12.2 Å². The van der Waals surface area contributed by atoms with Crippen molar-refractivity contribution in [2.75, 3.05) is 5.75 Å². The van der Waals surface area contributed by atoms with E-state index in [1.54, 1.807) is 6.07 Å². The van der Waals surface area contributed by atoms with Crippen molar-refractivity contribution >= 4 is 11.8 Å². The second-order valence-electron chi connectivity index (χ2n) is 4.85. The SMILES string of the molecule is CCSC1CCCC1NCc1ccc(O)c(O)c1O. The highest BCUT2D eigenvalue weighted by Gasteiger charge is 2.26. The maximum absolute atomic E-state index is 9.77. The summed E-state index contributed by atoms with van der Waals surface area (Å²) in [6.07, 6.45) is 3.63. The Morgan fingerprint density at radius 3 is 2.74 bits per heavy atom. The summed E-state index contributed by atoms with van der Waals surface area (Å²) < 4.78 is 0. The minimum atomic E-state index is -0.440. The first-order valence-electron chi connectivity index (χ1n) is 6.71. The Morgan fingerprint density at radius 1 is 1.21 bits per heavy atom. The number of nitrogens with one attached hydrogen (secondary N) is 1. The molecule has 0 spiro atoms. The minimum Gasteiger partial charge on any atom is -0.504 e. The van der Waals surface area contributed by atoms with E-state index in [4.69, 9.17) is 0 Å². The topological polar surface area (TPSA) is 72.7 Å². The lowest BCUT2D eigenvalue weighted by Crippen LogP contribution is -2.33. The lowest BCUT2D eigenvalue weighted by molar-refractivity contribution is 0.363. The summed E-state index contributed by atoms with van der Waals surface area (Å²) in [6, 6.07) is 3.49. The van der Waals surface area contributed by atoms with Crippen LogP contribution in [0.25, 0.3) is 0 Å². The van der Waals surface area contributed by atoms with Gasteiger partial charge in [-0.1, -0.05) is 19.4 Å². The smallest absolute Gasteiger partial charge is 0.200 e. The fraction of sp³-hybridized carbons (Fsp3) is 0.571. The van der Waals surface area contributed by atoms with Gasteiger partial charge in [0.15, 0.2) is 11.5 Å². The monoisotopic (exact) mass is 283 g/mol. The van der Waals surface area contributed by atoms with Crippen LogP contribution in [0.1, 0.15) is 31.7 Å². The number of benzene rings is 1. The third-order valence-electron chi connectivity index (χ3n) is 3.60. The molecule has 1 fully saturated rings. The predicted molar refractivity (Wildman–Crippen MR) is 77.8 cm³/mol. The molecule has 4 nitrogen and oxygen atoms in total. The molecule has 0 bridgehead atoms. The summed E-state index contributed by atoms with van der Waals surface area (Å²) in [7, 11) is 0. The van der Waals surface area contributed by atoms with Gasteiger partial charge in [0.1, 0.15) is 0 Å². The summed E-state index contributed by atoms with van der Waals surface area (Å²) in [4.78, 5) is 0. The van der Waals surface area contributed by atoms with Crippen LogP contribution in [0.2, 0.25) is 0 Å². The third-order valence-corrected chi connectivity index (χ3v) is 4.93. The summed E-state index contributed by atoms with van der Waals surface area (Å²) in [5.74, 6) is 0.158. The first kappa shape index (κ1) is 14.3. The molecule has 1 aliphatic carbocycles. The van der Waals surface area contributed by atoms with E-state index in [2.05, 4.69) is 12.2 Å². The maximum atomic E-state index is 9.77. The van der Waals surface area contributed by atoms with Crippen LogP contribution in [0, 0.1) is 0 Å². The molecule has 2 rings (SSSR count). The molecule has 2 unspecified atom stereocenters. The van der Waals surface area contributed by atoms with Gasteiger partial charge in [-0.3, -0.25) is 0 Å². The van der Waals surface area contributed by atoms with Crippen LogP contribution < -0.4 is 5.32 Å². The van der Waals surface area contributed by atoms with Crippen molar-refractivity contribution in [3.8, 4) is 17.2 Å². The Bertz CT molecular complexity index is 439. The second kappa shape index (κ2) is 6.39. The van der Waals surface area contributed by atoms with E-state index in [0.29, 0.717) is 23.4 Å². The van der Waals surface area contributed by atoms with Crippen molar-refractivity contribution in [2.45, 2.75) is 44.0 Å². The number of hydrogen-bond acceptors (Lipinski definition) is 5. The standard InChI is InChI=1S/C14H21NO3S/c1-2-19-12-5-3-4-10(12)15-8-9-6-7-11(16)14(18)13(9)17/h6-7,10,12,15-18H,2-5,8H2,1H3. The molecular formula is C14H21NO3S. The van der Waals surface area contributed by atoms with Gasteiger partial charge in [0, 0.05) is 23.4 Å². The molecule has 0 aliphatic heterocycles. The molecule has 0 radical (unpaired) electrons. The van der Waals surface area contributed by atoms with E-state index < -0.39 is 5.75 Å². The largest absolute Gasteiger partial charge is 0.504 e. The summed E-state index contributed by atoms with van der Waals surface area (Å²) in [5, 5.41) is 32.6. The Morgan fingerprint density at radius 2 is 2.00 bits per heavy atom. The Balaban J connectivity index is 1.97. The highest BCUT2D eigenvalue weighted by atomic mass is 32.2. The number of thioether (sulfide) groups is 1. The van der Waals surface area contributed by atoms with E-state index in [9.17, 15) is 15.3 Å². The molecule has 106 valence electrons. The number of phenolic OH excluding ortho intramolecular Hbond substituents is 3. The van der Waals surface area contributed by atoms with Gasteiger partial charge in [0.25, 0.3) is 0 Å². The molecule has 1 aromatic carbocycles. The summed E-state index contributed by atoms with van der Waals surface area (Å²) in [6.45, 7) is 2.68. The fourth-order valence-electron chi connectivity index (χ4n) is 2.57. The van der Waals surface area contributed by atoms with Crippen LogP contribution in [0.5, 0.6) is 17.2 Å². The second-order valence-corrected chi connectivity index (χ2v) is 6.37. The van der Waals surface area contributed by atoms with Crippen molar-refractivity contribution < 1.29 is 15.3 Å². The Labute approximate surface area is 117 Å². The molecule has 4 N–H and O–H groups in total. The van der Waals surface area contributed by atoms with E-state index in [1.165, 1.54) is 18.9 Å². The zero-order chi connectivity index (χ0) is 13.8. The maximum Gasteiger partial charge on any atom is 0.200 e. The van der Waals surface area contributed by atoms with Crippen LogP contribution in [-0.2, 0) is 6.54 Å². The number of aromatic hydroxyl groups is 3. The summed E-state index contributed by atoms with van der Waals surface area (Å²) >= 11 is 1.98. The number of phenols is 3. The zero-order valence-electron chi connectivity index (χ0n) is 11.1. The predicted octanol–water partition coefficient (Wildman–Crippen LogP) is 2.57. The van der Waals surface area contributed by atoms with E-state index in [-0.39, 0.29) is 11.5 Å². The Hall–Kier alpha value is -1.07.